The summed E-state index contributed by atoms with van der Waals surface area (Å²) in [6.07, 6.45) is 1.55. The average molecular weight is 327 g/mol. The molecule has 92 valence electrons. The summed E-state index contributed by atoms with van der Waals surface area (Å²) in [6.45, 7) is 0. The minimum absolute atomic E-state index is 0.172. The van der Waals surface area contributed by atoms with E-state index in [1.807, 2.05) is 0 Å². The van der Waals surface area contributed by atoms with Gasteiger partial charge in [0, 0.05) is 12.3 Å². The standard InChI is InChI=1S/C12H8BrFN2OS/c13-9-4-3-7(14)6-10(9)17-12-8(11(15)18)2-1-5-16-12/h1-6H,(H2,15,18). The number of benzene rings is 1. The Morgan fingerprint density at radius 1 is 1.39 bits per heavy atom. The number of ether oxygens (including phenoxy) is 1. The monoisotopic (exact) mass is 326 g/mol. The molecule has 0 fully saturated rings. The van der Waals surface area contributed by atoms with Crippen LogP contribution in [-0.2, 0) is 0 Å². The van der Waals surface area contributed by atoms with Crippen molar-refractivity contribution in [1.82, 2.24) is 4.98 Å². The maximum atomic E-state index is 13.1. The number of halogens is 2. The van der Waals surface area contributed by atoms with E-state index in [1.165, 1.54) is 12.1 Å². The highest BCUT2D eigenvalue weighted by Crippen LogP contribution is 2.30. The van der Waals surface area contributed by atoms with Crippen molar-refractivity contribution < 1.29 is 9.13 Å². The first-order chi connectivity index (χ1) is 8.58. The Balaban J connectivity index is 2.40. The summed E-state index contributed by atoms with van der Waals surface area (Å²) in [4.78, 5) is 4.20. The van der Waals surface area contributed by atoms with Crippen LogP contribution in [0.25, 0.3) is 0 Å². The minimum Gasteiger partial charge on any atom is -0.437 e. The van der Waals surface area contributed by atoms with E-state index >= 15 is 0 Å². The number of hydrogen-bond donors (Lipinski definition) is 1. The van der Waals surface area contributed by atoms with Crippen LogP contribution in [-0.4, -0.2) is 9.97 Å². The molecular formula is C12H8BrFN2OS. The van der Waals surface area contributed by atoms with Crippen LogP contribution in [0.4, 0.5) is 4.39 Å². The van der Waals surface area contributed by atoms with E-state index in [1.54, 1.807) is 24.4 Å². The third-order valence-electron chi connectivity index (χ3n) is 2.14. The first-order valence-electron chi connectivity index (χ1n) is 4.95. The Kier molecular flexibility index (Phi) is 3.88. The van der Waals surface area contributed by atoms with Crippen LogP contribution in [0.15, 0.2) is 41.0 Å². The van der Waals surface area contributed by atoms with Gasteiger partial charge in [-0.1, -0.05) is 12.2 Å². The molecule has 0 spiro atoms. The van der Waals surface area contributed by atoms with E-state index in [2.05, 4.69) is 20.9 Å². The maximum absolute atomic E-state index is 13.1. The predicted molar refractivity (Wildman–Crippen MR) is 74.3 cm³/mol. The van der Waals surface area contributed by atoms with Gasteiger partial charge in [-0.15, -0.1) is 0 Å². The summed E-state index contributed by atoms with van der Waals surface area (Å²) in [5, 5.41) is 0. The molecule has 0 bridgehead atoms. The van der Waals surface area contributed by atoms with E-state index < -0.39 is 5.82 Å². The number of thiocarbonyl (C=S) groups is 1. The number of pyridine rings is 1. The van der Waals surface area contributed by atoms with Gasteiger partial charge in [0.05, 0.1) is 10.0 Å². The molecule has 0 atom stereocenters. The topological polar surface area (TPSA) is 48.1 Å². The summed E-state index contributed by atoms with van der Waals surface area (Å²) in [7, 11) is 0. The Labute approximate surface area is 117 Å². The van der Waals surface area contributed by atoms with Gasteiger partial charge < -0.3 is 10.5 Å². The van der Waals surface area contributed by atoms with Gasteiger partial charge in [-0.25, -0.2) is 9.37 Å². The molecule has 0 aliphatic rings. The molecule has 0 aliphatic heterocycles. The fourth-order valence-corrected chi connectivity index (χ4v) is 1.80. The molecule has 6 heteroatoms. The highest BCUT2D eigenvalue weighted by Gasteiger charge is 2.11. The van der Waals surface area contributed by atoms with Crippen molar-refractivity contribution >= 4 is 33.1 Å². The Morgan fingerprint density at radius 2 is 2.17 bits per heavy atom. The minimum atomic E-state index is -0.402. The van der Waals surface area contributed by atoms with Crippen LogP contribution in [0.5, 0.6) is 11.6 Å². The van der Waals surface area contributed by atoms with Gasteiger partial charge in [-0.2, -0.15) is 0 Å². The van der Waals surface area contributed by atoms with Crippen molar-refractivity contribution in [3.63, 3.8) is 0 Å². The fourth-order valence-electron chi connectivity index (χ4n) is 1.32. The second-order valence-corrected chi connectivity index (χ2v) is 4.69. The average Bonchev–Trinajstić information content (AvgIpc) is 2.34. The summed E-state index contributed by atoms with van der Waals surface area (Å²) < 4.78 is 19.3. The predicted octanol–water partition coefficient (Wildman–Crippen LogP) is 3.41. The third-order valence-corrected chi connectivity index (χ3v) is 3.01. The molecule has 1 aromatic heterocycles. The first kappa shape index (κ1) is 12.9. The van der Waals surface area contributed by atoms with E-state index in [0.29, 0.717) is 15.8 Å². The Hall–Kier alpha value is -1.53. The van der Waals surface area contributed by atoms with Crippen molar-refractivity contribution in [3.05, 3.63) is 52.4 Å². The lowest BCUT2D eigenvalue weighted by Gasteiger charge is -2.10. The zero-order valence-corrected chi connectivity index (χ0v) is 11.5. The van der Waals surface area contributed by atoms with Crippen molar-refractivity contribution in [2.24, 2.45) is 5.73 Å². The van der Waals surface area contributed by atoms with Gasteiger partial charge in [0.15, 0.2) is 0 Å². The number of nitrogens with two attached hydrogens (primary N) is 1. The van der Waals surface area contributed by atoms with E-state index in [0.717, 1.165) is 0 Å². The number of rotatable bonds is 3. The highest BCUT2D eigenvalue weighted by atomic mass is 79.9. The Bertz CT molecular complexity index is 606. The first-order valence-corrected chi connectivity index (χ1v) is 6.16. The van der Waals surface area contributed by atoms with Crippen molar-refractivity contribution in [2.45, 2.75) is 0 Å². The van der Waals surface area contributed by atoms with Gasteiger partial charge >= 0.3 is 0 Å². The molecule has 18 heavy (non-hydrogen) atoms. The molecule has 0 amide bonds. The fraction of sp³-hybridized carbons (Fsp3) is 0. The van der Waals surface area contributed by atoms with E-state index in [4.69, 9.17) is 22.7 Å². The molecule has 0 saturated carbocycles. The quantitative estimate of drug-likeness (QED) is 0.878. The smallest absolute Gasteiger partial charge is 0.229 e. The summed E-state index contributed by atoms with van der Waals surface area (Å²) in [6, 6.07) is 7.51. The normalized spacial score (nSPS) is 10.1. The SMILES string of the molecule is NC(=S)c1cccnc1Oc1cc(F)ccc1Br. The van der Waals surface area contributed by atoms with Crippen molar-refractivity contribution in [1.29, 1.82) is 0 Å². The zero-order valence-electron chi connectivity index (χ0n) is 9.06. The number of aromatic nitrogens is 1. The molecule has 3 nitrogen and oxygen atoms in total. The summed E-state index contributed by atoms with van der Waals surface area (Å²) in [5.74, 6) is 0.156. The summed E-state index contributed by atoms with van der Waals surface area (Å²) >= 11 is 8.16. The molecule has 1 aromatic carbocycles. The van der Waals surface area contributed by atoms with Crippen LogP contribution < -0.4 is 10.5 Å². The van der Waals surface area contributed by atoms with Gasteiger partial charge in [-0.3, -0.25) is 0 Å². The Morgan fingerprint density at radius 3 is 2.89 bits per heavy atom. The lowest BCUT2D eigenvalue weighted by Crippen LogP contribution is -2.11. The van der Waals surface area contributed by atoms with Gasteiger partial charge in [0.2, 0.25) is 5.88 Å². The molecule has 0 radical (unpaired) electrons. The molecule has 0 unspecified atom stereocenters. The second-order valence-electron chi connectivity index (χ2n) is 3.40. The third kappa shape index (κ3) is 2.83. The van der Waals surface area contributed by atoms with E-state index in [-0.39, 0.29) is 10.9 Å². The highest BCUT2D eigenvalue weighted by molar-refractivity contribution is 9.10. The van der Waals surface area contributed by atoms with Gasteiger partial charge in [0.25, 0.3) is 0 Å². The summed E-state index contributed by atoms with van der Waals surface area (Å²) in [5.41, 5.74) is 6.07. The molecule has 0 aliphatic carbocycles. The second kappa shape index (κ2) is 5.41. The van der Waals surface area contributed by atoms with Gasteiger partial charge in [-0.05, 0) is 40.2 Å². The largest absolute Gasteiger partial charge is 0.437 e. The van der Waals surface area contributed by atoms with Crippen LogP contribution in [0.1, 0.15) is 5.56 Å². The van der Waals surface area contributed by atoms with Crippen molar-refractivity contribution in [2.75, 3.05) is 0 Å². The van der Waals surface area contributed by atoms with Crippen LogP contribution in [0.2, 0.25) is 0 Å². The molecule has 2 aromatic rings. The van der Waals surface area contributed by atoms with Crippen LogP contribution in [0, 0.1) is 5.82 Å². The molecule has 1 heterocycles. The molecule has 2 rings (SSSR count). The van der Waals surface area contributed by atoms with E-state index in [9.17, 15) is 4.39 Å². The lowest BCUT2D eigenvalue weighted by molar-refractivity contribution is 0.454. The van der Waals surface area contributed by atoms with Gasteiger partial charge in [0.1, 0.15) is 16.6 Å². The maximum Gasteiger partial charge on any atom is 0.229 e. The molecule has 0 saturated heterocycles. The molecular weight excluding hydrogens is 319 g/mol. The number of nitrogens with zero attached hydrogens (tertiary/aromatic N) is 1. The van der Waals surface area contributed by atoms with Crippen LogP contribution >= 0.6 is 28.1 Å². The van der Waals surface area contributed by atoms with Crippen LogP contribution in [0.3, 0.4) is 0 Å². The molecule has 2 N–H and O–H groups in total. The lowest BCUT2D eigenvalue weighted by atomic mass is 10.2. The zero-order chi connectivity index (χ0) is 13.1. The number of hydrogen-bond acceptors (Lipinski definition) is 3. The van der Waals surface area contributed by atoms with Crippen molar-refractivity contribution in [3.8, 4) is 11.6 Å².